The Morgan fingerprint density at radius 3 is 2.71 bits per heavy atom. The van der Waals surface area contributed by atoms with Crippen LogP contribution in [-0.2, 0) is 0 Å². The summed E-state index contributed by atoms with van der Waals surface area (Å²) in [5.41, 5.74) is 0.745. The molecule has 1 rings (SSSR count). The van der Waals surface area contributed by atoms with E-state index < -0.39 is 0 Å². The lowest BCUT2D eigenvalue weighted by Crippen LogP contribution is -2.34. The predicted molar refractivity (Wildman–Crippen MR) is 55.6 cm³/mol. The van der Waals surface area contributed by atoms with Crippen LogP contribution in [0.5, 0.6) is 0 Å². The van der Waals surface area contributed by atoms with E-state index in [-0.39, 0.29) is 18.6 Å². The SMILES string of the molecule is Cc1nc(C)c(C(=O)NC(C)CO)s1. The molecule has 1 aromatic heterocycles. The Hall–Kier alpha value is -0.940. The van der Waals surface area contributed by atoms with Crippen LogP contribution < -0.4 is 5.32 Å². The Morgan fingerprint density at radius 2 is 2.29 bits per heavy atom. The fraction of sp³-hybridized carbons (Fsp3) is 0.556. The molecule has 1 atom stereocenters. The summed E-state index contributed by atoms with van der Waals surface area (Å²) >= 11 is 1.37. The molecule has 4 nitrogen and oxygen atoms in total. The third-order valence-electron chi connectivity index (χ3n) is 1.76. The van der Waals surface area contributed by atoms with Crippen molar-refractivity contribution in [3.05, 3.63) is 15.6 Å². The maximum absolute atomic E-state index is 11.6. The van der Waals surface area contributed by atoms with Gasteiger partial charge in [-0.1, -0.05) is 0 Å². The van der Waals surface area contributed by atoms with Crippen LogP contribution in [0.15, 0.2) is 0 Å². The smallest absolute Gasteiger partial charge is 0.263 e. The number of hydrogen-bond donors (Lipinski definition) is 2. The van der Waals surface area contributed by atoms with E-state index in [1.54, 1.807) is 6.92 Å². The van der Waals surface area contributed by atoms with Crippen molar-refractivity contribution in [3.63, 3.8) is 0 Å². The maximum Gasteiger partial charge on any atom is 0.263 e. The summed E-state index contributed by atoms with van der Waals surface area (Å²) in [7, 11) is 0. The fourth-order valence-corrected chi connectivity index (χ4v) is 1.90. The second-order valence-corrected chi connectivity index (χ2v) is 4.41. The van der Waals surface area contributed by atoms with Crippen molar-refractivity contribution in [2.75, 3.05) is 6.61 Å². The van der Waals surface area contributed by atoms with Crippen LogP contribution in [0.25, 0.3) is 0 Å². The van der Waals surface area contributed by atoms with E-state index in [1.807, 2.05) is 13.8 Å². The Balaban J connectivity index is 2.74. The third kappa shape index (κ3) is 2.52. The van der Waals surface area contributed by atoms with Crippen molar-refractivity contribution >= 4 is 17.2 Å². The summed E-state index contributed by atoms with van der Waals surface area (Å²) < 4.78 is 0. The zero-order chi connectivity index (χ0) is 10.7. The number of aliphatic hydroxyl groups excluding tert-OH is 1. The first-order chi connectivity index (χ1) is 6.54. The molecule has 14 heavy (non-hydrogen) atoms. The number of aromatic nitrogens is 1. The van der Waals surface area contributed by atoms with Gasteiger partial charge in [0, 0.05) is 6.04 Å². The highest BCUT2D eigenvalue weighted by atomic mass is 32.1. The van der Waals surface area contributed by atoms with Crippen LogP contribution in [0.2, 0.25) is 0 Å². The molecule has 1 heterocycles. The van der Waals surface area contributed by atoms with Crippen molar-refractivity contribution in [1.29, 1.82) is 0 Å². The third-order valence-corrected chi connectivity index (χ3v) is 2.83. The van der Waals surface area contributed by atoms with Gasteiger partial charge in [-0.2, -0.15) is 0 Å². The molecular formula is C9H14N2O2S. The lowest BCUT2D eigenvalue weighted by molar-refractivity contribution is 0.0925. The van der Waals surface area contributed by atoms with Gasteiger partial charge in [0.2, 0.25) is 0 Å². The van der Waals surface area contributed by atoms with E-state index >= 15 is 0 Å². The number of carbonyl (C=O) groups excluding carboxylic acids is 1. The molecule has 5 heteroatoms. The molecule has 78 valence electrons. The number of nitrogens with zero attached hydrogens (tertiary/aromatic N) is 1. The minimum atomic E-state index is -0.218. The molecule has 0 aliphatic rings. The van der Waals surface area contributed by atoms with Crippen LogP contribution in [0.4, 0.5) is 0 Å². The van der Waals surface area contributed by atoms with Crippen LogP contribution in [0.1, 0.15) is 27.3 Å². The quantitative estimate of drug-likeness (QED) is 0.785. The van der Waals surface area contributed by atoms with Crippen LogP contribution in [0.3, 0.4) is 0 Å². The molecule has 0 saturated heterocycles. The second-order valence-electron chi connectivity index (χ2n) is 3.20. The van der Waals surface area contributed by atoms with Gasteiger partial charge in [0.15, 0.2) is 0 Å². The topological polar surface area (TPSA) is 62.2 Å². The highest BCUT2D eigenvalue weighted by molar-refractivity contribution is 7.13. The molecule has 0 aliphatic carbocycles. The number of rotatable bonds is 3. The number of amides is 1. The average Bonchev–Trinajstić information content (AvgIpc) is 2.45. The molecule has 0 fully saturated rings. The van der Waals surface area contributed by atoms with Gasteiger partial charge in [0.05, 0.1) is 17.3 Å². The highest BCUT2D eigenvalue weighted by Gasteiger charge is 2.14. The molecule has 1 unspecified atom stereocenters. The van der Waals surface area contributed by atoms with Gasteiger partial charge in [-0.25, -0.2) is 4.98 Å². The Kier molecular flexibility index (Phi) is 3.60. The number of nitrogens with one attached hydrogen (secondary N) is 1. The zero-order valence-corrected chi connectivity index (χ0v) is 9.31. The van der Waals surface area contributed by atoms with Gasteiger partial charge in [-0.05, 0) is 20.8 Å². The van der Waals surface area contributed by atoms with E-state index in [1.165, 1.54) is 11.3 Å². The van der Waals surface area contributed by atoms with E-state index in [0.29, 0.717) is 4.88 Å². The molecule has 1 amide bonds. The lowest BCUT2D eigenvalue weighted by atomic mass is 10.3. The van der Waals surface area contributed by atoms with Gasteiger partial charge >= 0.3 is 0 Å². The fourth-order valence-electron chi connectivity index (χ4n) is 1.08. The monoisotopic (exact) mass is 214 g/mol. The Labute approximate surface area is 87.0 Å². The standard InChI is InChI=1S/C9H14N2O2S/c1-5(4-12)10-9(13)8-6(2)11-7(3)14-8/h5,12H,4H2,1-3H3,(H,10,13). The molecule has 0 bridgehead atoms. The van der Waals surface area contributed by atoms with Gasteiger partial charge < -0.3 is 10.4 Å². The van der Waals surface area contributed by atoms with Gasteiger partial charge in [0.25, 0.3) is 5.91 Å². The summed E-state index contributed by atoms with van der Waals surface area (Å²) in [6.07, 6.45) is 0. The van der Waals surface area contributed by atoms with Crippen molar-refractivity contribution in [2.45, 2.75) is 26.8 Å². The largest absolute Gasteiger partial charge is 0.394 e. The van der Waals surface area contributed by atoms with E-state index in [0.717, 1.165) is 10.7 Å². The highest BCUT2D eigenvalue weighted by Crippen LogP contribution is 2.16. The number of aryl methyl sites for hydroxylation is 2. The molecule has 0 spiro atoms. The number of carbonyl (C=O) groups is 1. The van der Waals surface area contributed by atoms with E-state index in [9.17, 15) is 4.79 Å². The first-order valence-corrected chi connectivity index (χ1v) is 5.22. The first-order valence-electron chi connectivity index (χ1n) is 4.40. The summed E-state index contributed by atoms with van der Waals surface area (Å²) in [5.74, 6) is -0.158. The van der Waals surface area contributed by atoms with Gasteiger partial charge in [-0.15, -0.1) is 11.3 Å². The minimum absolute atomic E-state index is 0.0530. The summed E-state index contributed by atoms with van der Waals surface area (Å²) in [4.78, 5) is 16.4. The molecule has 2 N–H and O–H groups in total. The van der Waals surface area contributed by atoms with Crippen molar-refractivity contribution in [3.8, 4) is 0 Å². The molecule has 1 aromatic rings. The molecule has 0 saturated carbocycles. The molecule has 0 radical (unpaired) electrons. The summed E-state index contributed by atoms with van der Waals surface area (Å²) in [6.45, 7) is 5.37. The van der Waals surface area contributed by atoms with Crippen molar-refractivity contribution < 1.29 is 9.90 Å². The minimum Gasteiger partial charge on any atom is -0.394 e. The molecule has 0 aliphatic heterocycles. The van der Waals surface area contributed by atoms with Gasteiger partial charge in [0.1, 0.15) is 4.88 Å². The Morgan fingerprint density at radius 1 is 1.64 bits per heavy atom. The zero-order valence-electron chi connectivity index (χ0n) is 8.50. The number of aliphatic hydroxyl groups is 1. The lowest BCUT2D eigenvalue weighted by Gasteiger charge is -2.09. The molecular weight excluding hydrogens is 200 g/mol. The number of hydrogen-bond acceptors (Lipinski definition) is 4. The predicted octanol–water partition coefficient (Wildman–Crippen LogP) is 0.871. The second kappa shape index (κ2) is 4.52. The maximum atomic E-state index is 11.6. The summed E-state index contributed by atoms with van der Waals surface area (Å²) in [5, 5.41) is 12.3. The van der Waals surface area contributed by atoms with Crippen LogP contribution in [-0.4, -0.2) is 28.6 Å². The van der Waals surface area contributed by atoms with Crippen molar-refractivity contribution in [2.24, 2.45) is 0 Å². The molecule has 0 aromatic carbocycles. The van der Waals surface area contributed by atoms with Crippen LogP contribution >= 0.6 is 11.3 Å². The normalized spacial score (nSPS) is 12.6. The van der Waals surface area contributed by atoms with Gasteiger partial charge in [-0.3, -0.25) is 4.79 Å². The van der Waals surface area contributed by atoms with E-state index in [4.69, 9.17) is 5.11 Å². The van der Waals surface area contributed by atoms with E-state index in [2.05, 4.69) is 10.3 Å². The van der Waals surface area contributed by atoms with Crippen LogP contribution in [0, 0.1) is 13.8 Å². The van der Waals surface area contributed by atoms with Crippen molar-refractivity contribution in [1.82, 2.24) is 10.3 Å². The number of thiazole rings is 1. The average molecular weight is 214 g/mol. The summed E-state index contributed by atoms with van der Waals surface area (Å²) in [6, 6.07) is -0.218. The Bertz CT molecular complexity index is 336. The first kappa shape index (κ1) is 11.1.